The molecule has 3 radical (unpaired) electrons. The van der Waals surface area contributed by atoms with Gasteiger partial charge in [-0.3, -0.25) is 9.36 Å². The Balaban J connectivity index is 1.12. The Bertz CT molecular complexity index is 1520. The largest absolute Gasteiger partial charge is 0.436 e. The lowest BCUT2D eigenvalue weighted by Gasteiger charge is -2.39. The number of rotatable bonds is 7. The quantitative estimate of drug-likeness (QED) is 0.409. The van der Waals surface area contributed by atoms with Gasteiger partial charge >= 0.3 is 11.8 Å². The van der Waals surface area contributed by atoms with Crippen molar-refractivity contribution < 1.29 is 14.3 Å². The van der Waals surface area contributed by atoms with E-state index in [2.05, 4.69) is 10.3 Å². The minimum atomic E-state index is -0.916. The fourth-order valence-corrected chi connectivity index (χ4v) is 7.44. The van der Waals surface area contributed by atoms with Crippen molar-refractivity contribution in [3.8, 4) is 0 Å². The number of aromatic amines is 1. The molecule has 0 aliphatic carbocycles. The van der Waals surface area contributed by atoms with Crippen LogP contribution in [-0.4, -0.2) is 91.8 Å². The molecule has 2 amide bonds. The number of fused-ring (bicyclic) bond motifs is 1. The van der Waals surface area contributed by atoms with Gasteiger partial charge in [0.2, 0.25) is 0 Å². The Kier molecular flexibility index (Phi) is 9.50. The number of nitrogens with zero attached hydrogens (tertiary/aromatic N) is 3. The van der Waals surface area contributed by atoms with Crippen molar-refractivity contribution in [1.29, 1.82) is 0 Å². The van der Waals surface area contributed by atoms with Crippen molar-refractivity contribution in [3.63, 3.8) is 0 Å². The molecule has 6 rings (SSSR count). The molecule has 2 N–H and O–H groups in total. The zero-order chi connectivity index (χ0) is 30.6. The van der Waals surface area contributed by atoms with Crippen LogP contribution in [0.1, 0.15) is 50.1 Å². The Morgan fingerprint density at radius 3 is 2.36 bits per heavy atom. The first-order chi connectivity index (χ1) is 21.4. The van der Waals surface area contributed by atoms with E-state index < -0.39 is 12.2 Å². The van der Waals surface area contributed by atoms with Gasteiger partial charge in [0, 0.05) is 38.6 Å². The normalized spacial score (nSPS) is 19.7. The first-order valence-electron chi connectivity index (χ1n) is 16.2. The van der Waals surface area contributed by atoms with Gasteiger partial charge in [-0.1, -0.05) is 42.6 Å². The Hall–Kier alpha value is -3.46. The molecule has 0 bridgehead atoms. The van der Waals surface area contributed by atoms with Gasteiger partial charge in [0.05, 0.1) is 11.0 Å². The highest BCUT2D eigenvalue weighted by Crippen LogP contribution is 2.31. The highest BCUT2D eigenvalue weighted by Gasteiger charge is 2.35. The van der Waals surface area contributed by atoms with E-state index in [-0.39, 0.29) is 17.6 Å². The highest BCUT2D eigenvalue weighted by atomic mass is 16.6. The summed E-state index contributed by atoms with van der Waals surface area (Å²) in [5.74, 6) is 1.25. The molecular formula is C33H42B2N5O4. The molecule has 3 aliphatic heterocycles. The number of H-pyrrole nitrogens is 1. The number of likely N-dealkylation sites (tertiary alicyclic amines) is 2. The number of aromatic nitrogens is 2. The van der Waals surface area contributed by atoms with Crippen LogP contribution in [-0.2, 0) is 16.0 Å². The Labute approximate surface area is 261 Å². The third kappa shape index (κ3) is 6.63. The van der Waals surface area contributed by atoms with E-state index in [4.69, 9.17) is 12.6 Å². The van der Waals surface area contributed by atoms with Crippen LogP contribution in [0.2, 0.25) is 6.82 Å². The van der Waals surface area contributed by atoms with Gasteiger partial charge in [0.1, 0.15) is 15.1 Å². The number of carbonyl (C=O) groups excluding carboxylic acids is 2. The van der Waals surface area contributed by atoms with E-state index in [0.29, 0.717) is 56.8 Å². The van der Waals surface area contributed by atoms with Crippen molar-refractivity contribution in [2.24, 2.45) is 11.8 Å². The molecule has 3 fully saturated rings. The molecule has 2 aromatic carbocycles. The number of hydrogen-bond acceptors (Lipinski definition) is 5. The number of hydrogen-bond donors (Lipinski definition) is 2. The molecule has 0 spiro atoms. The van der Waals surface area contributed by atoms with Gasteiger partial charge < -0.3 is 24.8 Å². The van der Waals surface area contributed by atoms with E-state index in [1.165, 1.54) is 12.8 Å². The molecular weight excluding hydrogens is 552 g/mol. The molecule has 3 aliphatic rings. The number of imidazole rings is 1. The SMILES string of the molecule is [B]c1ccc(C[C@@H](OC(=O)N2CCC(n3c(=O)[nH]c4ccccc43)CC2)C(=O)N2CCC(C3CCNCC3)CC2)cc1[B]C. The van der Waals surface area contributed by atoms with Crippen LogP contribution in [0.4, 0.5) is 4.79 Å². The number of amides is 2. The molecule has 1 aromatic heterocycles. The Morgan fingerprint density at radius 1 is 0.955 bits per heavy atom. The summed E-state index contributed by atoms with van der Waals surface area (Å²) < 4.78 is 7.85. The molecule has 3 saturated heterocycles. The van der Waals surface area contributed by atoms with Crippen LogP contribution in [0, 0.1) is 11.8 Å². The predicted octanol–water partition coefficient (Wildman–Crippen LogP) is 2.12. The third-order valence-electron chi connectivity index (χ3n) is 10.0. The third-order valence-corrected chi connectivity index (χ3v) is 10.0. The van der Waals surface area contributed by atoms with Crippen molar-refractivity contribution in [3.05, 3.63) is 58.5 Å². The summed E-state index contributed by atoms with van der Waals surface area (Å²) in [6, 6.07) is 13.4. The average Bonchev–Trinajstić information content (AvgIpc) is 3.41. The highest BCUT2D eigenvalue weighted by molar-refractivity contribution is 6.59. The first-order valence-corrected chi connectivity index (χ1v) is 16.2. The summed E-state index contributed by atoms with van der Waals surface area (Å²) in [7, 11) is 8.06. The average molecular weight is 594 g/mol. The van der Waals surface area contributed by atoms with E-state index in [1.54, 1.807) is 9.47 Å². The van der Waals surface area contributed by atoms with Crippen LogP contribution < -0.4 is 21.9 Å². The fraction of sp³-hybridized carbons (Fsp3) is 0.545. The topological polar surface area (TPSA) is 99.7 Å². The molecule has 44 heavy (non-hydrogen) atoms. The summed E-state index contributed by atoms with van der Waals surface area (Å²) in [6.45, 7) is 6.39. The molecule has 11 heteroatoms. The number of carbonyl (C=O) groups is 2. The van der Waals surface area contributed by atoms with Crippen LogP contribution in [0.5, 0.6) is 0 Å². The van der Waals surface area contributed by atoms with Crippen LogP contribution in [0.3, 0.4) is 0 Å². The zero-order valence-corrected chi connectivity index (χ0v) is 25.7. The zero-order valence-electron chi connectivity index (χ0n) is 25.7. The van der Waals surface area contributed by atoms with Crippen molar-refractivity contribution >= 4 is 49.1 Å². The fourth-order valence-electron chi connectivity index (χ4n) is 7.44. The maximum atomic E-state index is 13.9. The summed E-state index contributed by atoms with van der Waals surface area (Å²) in [5, 5.41) is 3.45. The van der Waals surface area contributed by atoms with Gasteiger partial charge in [-0.2, -0.15) is 0 Å². The monoisotopic (exact) mass is 594 g/mol. The first kappa shape index (κ1) is 30.6. The molecule has 0 unspecified atom stereocenters. The predicted molar refractivity (Wildman–Crippen MR) is 174 cm³/mol. The minimum Gasteiger partial charge on any atom is -0.436 e. The summed E-state index contributed by atoms with van der Waals surface area (Å²) in [4.78, 5) is 46.7. The number of ether oxygens (including phenoxy) is 1. The minimum absolute atomic E-state index is 0.0140. The van der Waals surface area contributed by atoms with Gasteiger partial charge in [0.25, 0.3) is 5.91 Å². The summed E-state index contributed by atoms with van der Waals surface area (Å²) in [6.07, 6.45) is 4.57. The molecule has 4 heterocycles. The van der Waals surface area contributed by atoms with E-state index >= 15 is 0 Å². The van der Waals surface area contributed by atoms with Gasteiger partial charge in [-0.05, 0) is 81.1 Å². The van der Waals surface area contributed by atoms with Crippen molar-refractivity contribution in [2.45, 2.75) is 63.9 Å². The second kappa shape index (κ2) is 13.7. The van der Waals surface area contributed by atoms with E-state index in [0.717, 1.165) is 53.9 Å². The lowest BCUT2D eigenvalue weighted by Crippen LogP contribution is -2.49. The maximum absolute atomic E-state index is 13.9. The van der Waals surface area contributed by atoms with Crippen LogP contribution in [0.25, 0.3) is 11.0 Å². The van der Waals surface area contributed by atoms with Gasteiger partial charge in [0.15, 0.2) is 6.10 Å². The molecule has 3 aromatic rings. The smallest absolute Gasteiger partial charge is 0.410 e. The Morgan fingerprint density at radius 2 is 1.64 bits per heavy atom. The number of benzene rings is 2. The molecule has 1 atom stereocenters. The number of nitrogens with one attached hydrogen (secondary N) is 2. The lowest BCUT2D eigenvalue weighted by molar-refractivity contribution is -0.142. The van der Waals surface area contributed by atoms with Crippen LogP contribution >= 0.6 is 0 Å². The molecule has 9 nitrogen and oxygen atoms in total. The number of para-hydroxylation sites is 2. The summed E-state index contributed by atoms with van der Waals surface area (Å²) in [5.41, 5.74) is 4.03. The van der Waals surface area contributed by atoms with E-state index in [1.807, 2.05) is 61.5 Å². The summed E-state index contributed by atoms with van der Waals surface area (Å²) >= 11 is 0. The number of piperidine rings is 3. The van der Waals surface area contributed by atoms with Gasteiger partial charge in [-0.25, -0.2) is 9.59 Å². The standard InChI is InChI=1S/C33H42B2N5O4/c1-35-27-20-22(6-7-26(27)34)21-30(31(41)38-16-10-24(11-17-38)23-8-14-36-15-9-23)44-33(43)39-18-12-25(13-19-39)40-29-5-3-2-4-28(29)37-32(40)42/h2-7,20,23-25,30,36H,8-19,21H2,1H3,(H,37,42)/t30-/m1/s1. The molecule has 229 valence electrons. The van der Waals surface area contributed by atoms with Crippen molar-refractivity contribution in [2.75, 3.05) is 39.3 Å². The second-order valence-electron chi connectivity index (χ2n) is 12.6. The van der Waals surface area contributed by atoms with Crippen LogP contribution in [0.15, 0.2) is 47.3 Å². The lowest BCUT2D eigenvalue weighted by atomic mass is 9.66. The maximum Gasteiger partial charge on any atom is 0.410 e. The van der Waals surface area contributed by atoms with E-state index in [9.17, 15) is 14.4 Å². The van der Waals surface area contributed by atoms with Gasteiger partial charge in [-0.15, -0.1) is 5.46 Å². The molecule has 0 saturated carbocycles. The second-order valence-corrected chi connectivity index (χ2v) is 12.6. The van der Waals surface area contributed by atoms with Crippen molar-refractivity contribution in [1.82, 2.24) is 24.7 Å².